The first-order chi connectivity index (χ1) is 14.1. The van der Waals surface area contributed by atoms with Crippen molar-refractivity contribution >= 4 is 52.2 Å². The molecule has 2 amide bonds. The molecule has 5 nitrogen and oxygen atoms in total. The summed E-state index contributed by atoms with van der Waals surface area (Å²) in [5.74, 6) is 0.143. The average Bonchev–Trinajstić information content (AvgIpc) is 3.16. The van der Waals surface area contributed by atoms with E-state index in [0.717, 1.165) is 22.9 Å². The van der Waals surface area contributed by atoms with E-state index in [1.165, 1.54) is 47.9 Å². The molecule has 0 fully saturated rings. The molecule has 29 heavy (non-hydrogen) atoms. The molecule has 1 heterocycles. The number of anilines is 1. The number of benzene rings is 1. The van der Waals surface area contributed by atoms with Crippen LogP contribution in [0.15, 0.2) is 45.6 Å². The molecule has 0 aliphatic heterocycles. The molecule has 1 aromatic carbocycles. The molecule has 8 heteroatoms. The summed E-state index contributed by atoms with van der Waals surface area (Å²) < 4.78 is 0.784. The number of nitrogens with one attached hydrogen (secondary N) is 2. The summed E-state index contributed by atoms with van der Waals surface area (Å²) in [6, 6.07) is 6.98. The number of hydrogen-bond acceptors (Lipinski definition) is 5. The summed E-state index contributed by atoms with van der Waals surface area (Å²) in [6.45, 7) is 0.682. The number of hydrogen-bond donors (Lipinski definition) is 2. The lowest BCUT2D eigenvalue weighted by molar-refractivity contribution is -0.120. The van der Waals surface area contributed by atoms with E-state index in [-0.39, 0.29) is 24.0 Å². The van der Waals surface area contributed by atoms with Gasteiger partial charge in [0.05, 0.1) is 17.9 Å². The third-order valence-electron chi connectivity index (χ3n) is 4.48. The molecule has 1 aromatic heterocycles. The highest BCUT2D eigenvalue weighted by Crippen LogP contribution is 2.23. The second-order valence-electron chi connectivity index (χ2n) is 6.83. The topological polar surface area (TPSA) is 71.1 Å². The van der Waals surface area contributed by atoms with Crippen molar-refractivity contribution in [2.75, 3.05) is 17.6 Å². The van der Waals surface area contributed by atoms with Crippen LogP contribution < -0.4 is 10.6 Å². The third-order valence-corrected chi connectivity index (χ3v) is 6.80. The van der Waals surface area contributed by atoms with Crippen LogP contribution in [0.2, 0.25) is 5.02 Å². The lowest BCUT2D eigenvalue weighted by Crippen LogP contribution is -2.26. The zero-order valence-electron chi connectivity index (χ0n) is 16.1. The number of rotatable bonds is 9. The van der Waals surface area contributed by atoms with Gasteiger partial charge in [-0.15, -0.1) is 11.3 Å². The molecular weight excluding hydrogens is 426 g/mol. The van der Waals surface area contributed by atoms with E-state index in [4.69, 9.17) is 11.6 Å². The minimum atomic E-state index is -0.108. The summed E-state index contributed by atoms with van der Waals surface area (Å²) >= 11 is 8.66. The maximum atomic E-state index is 12.1. The number of aromatic nitrogens is 1. The van der Waals surface area contributed by atoms with Crippen molar-refractivity contribution in [1.29, 1.82) is 0 Å². The predicted octanol–water partition coefficient (Wildman–Crippen LogP) is 5.08. The molecule has 1 aliphatic rings. The van der Waals surface area contributed by atoms with E-state index < -0.39 is 0 Å². The first-order valence-corrected chi connectivity index (χ1v) is 11.9. The Morgan fingerprint density at radius 3 is 2.76 bits per heavy atom. The molecule has 154 valence electrons. The average molecular weight is 450 g/mol. The van der Waals surface area contributed by atoms with Gasteiger partial charge in [-0.3, -0.25) is 9.59 Å². The van der Waals surface area contributed by atoms with Gasteiger partial charge in [0, 0.05) is 22.6 Å². The van der Waals surface area contributed by atoms with Gasteiger partial charge in [0.2, 0.25) is 11.8 Å². The number of halogens is 1. The summed E-state index contributed by atoms with van der Waals surface area (Å²) in [7, 11) is 0. The van der Waals surface area contributed by atoms with Gasteiger partial charge < -0.3 is 10.6 Å². The number of thioether (sulfide) groups is 1. The van der Waals surface area contributed by atoms with E-state index in [1.54, 1.807) is 24.3 Å². The van der Waals surface area contributed by atoms with Gasteiger partial charge in [0.15, 0.2) is 4.34 Å². The van der Waals surface area contributed by atoms with Crippen LogP contribution in [0.1, 0.15) is 37.8 Å². The number of thiazole rings is 1. The van der Waals surface area contributed by atoms with Crippen LogP contribution in [-0.4, -0.2) is 29.1 Å². The van der Waals surface area contributed by atoms with Crippen molar-refractivity contribution < 1.29 is 9.59 Å². The Morgan fingerprint density at radius 1 is 1.17 bits per heavy atom. The quantitative estimate of drug-likeness (QED) is 0.413. The van der Waals surface area contributed by atoms with Crippen molar-refractivity contribution in [2.45, 2.75) is 42.9 Å². The summed E-state index contributed by atoms with van der Waals surface area (Å²) in [5.41, 5.74) is 2.91. The van der Waals surface area contributed by atoms with Crippen molar-refractivity contribution in [3.8, 4) is 0 Å². The van der Waals surface area contributed by atoms with Gasteiger partial charge in [0.1, 0.15) is 0 Å². The van der Waals surface area contributed by atoms with Crippen molar-refractivity contribution in [3.63, 3.8) is 0 Å². The lowest BCUT2D eigenvalue weighted by Gasteiger charge is -2.12. The van der Waals surface area contributed by atoms with E-state index in [9.17, 15) is 9.59 Å². The zero-order chi connectivity index (χ0) is 20.5. The molecule has 0 saturated carbocycles. The fourth-order valence-corrected chi connectivity index (χ4v) is 4.79. The minimum absolute atomic E-state index is 0.0104. The SMILES string of the molecule is O=C(Cc1csc(SCC(=O)Nc2ccc(Cl)cc2)n1)NCCC1=CCCCC1. The van der Waals surface area contributed by atoms with Crippen LogP contribution in [0, 0.1) is 0 Å². The van der Waals surface area contributed by atoms with Crippen LogP contribution in [-0.2, 0) is 16.0 Å². The van der Waals surface area contributed by atoms with Gasteiger partial charge >= 0.3 is 0 Å². The minimum Gasteiger partial charge on any atom is -0.355 e. The number of allylic oxidation sites excluding steroid dienone is 1. The van der Waals surface area contributed by atoms with Gasteiger partial charge in [-0.25, -0.2) is 4.98 Å². The molecule has 2 N–H and O–H groups in total. The highest BCUT2D eigenvalue weighted by molar-refractivity contribution is 8.01. The molecule has 3 rings (SSSR count). The summed E-state index contributed by atoms with van der Waals surface area (Å²) in [4.78, 5) is 28.6. The number of carbonyl (C=O) groups excluding carboxylic acids is 2. The van der Waals surface area contributed by atoms with Gasteiger partial charge in [0.25, 0.3) is 0 Å². The third kappa shape index (κ3) is 7.84. The second-order valence-corrected chi connectivity index (χ2v) is 9.35. The molecule has 0 spiro atoms. The lowest BCUT2D eigenvalue weighted by atomic mass is 9.97. The van der Waals surface area contributed by atoms with Gasteiger partial charge in [-0.2, -0.15) is 0 Å². The van der Waals surface area contributed by atoms with E-state index >= 15 is 0 Å². The smallest absolute Gasteiger partial charge is 0.234 e. The predicted molar refractivity (Wildman–Crippen MR) is 121 cm³/mol. The van der Waals surface area contributed by atoms with Crippen LogP contribution in [0.4, 0.5) is 5.69 Å². The highest BCUT2D eigenvalue weighted by Gasteiger charge is 2.11. The standard InChI is InChI=1S/C21H24ClN3O2S2/c22-16-6-8-17(9-7-16)24-20(27)14-29-21-25-18(13-28-21)12-19(26)23-11-10-15-4-2-1-3-5-15/h4,6-9,13H,1-3,5,10-12,14H2,(H,23,26)(H,24,27). The number of amides is 2. The Morgan fingerprint density at radius 2 is 2.00 bits per heavy atom. The number of carbonyl (C=O) groups is 2. The molecule has 2 aromatic rings. The molecule has 0 saturated heterocycles. The maximum Gasteiger partial charge on any atom is 0.234 e. The van der Waals surface area contributed by atoms with Crippen molar-refractivity contribution in [1.82, 2.24) is 10.3 Å². The fourth-order valence-electron chi connectivity index (χ4n) is 3.01. The van der Waals surface area contributed by atoms with Gasteiger partial charge in [-0.1, -0.05) is 35.0 Å². The highest BCUT2D eigenvalue weighted by atomic mass is 35.5. The molecule has 0 bridgehead atoms. The molecule has 0 atom stereocenters. The molecule has 0 radical (unpaired) electrons. The molecule has 0 unspecified atom stereocenters. The Hall–Kier alpha value is -1.83. The van der Waals surface area contributed by atoms with Gasteiger partial charge in [-0.05, 0) is 56.4 Å². The Labute approximate surface area is 184 Å². The van der Waals surface area contributed by atoms with Crippen LogP contribution >= 0.6 is 34.7 Å². The van der Waals surface area contributed by atoms with E-state index in [2.05, 4.69) is 21.7 Å². The van der Waals surface area contributed by atoms with E-state index in [1.807, 2.05) is 5.38 Å². The van der Waals surface area contributed by atoms with Crippen molar-refractivity contribution in [2.24, 2.45) is 0 Å². The van der Waals surface area contributed by atoms with Crippen LogP contribution in [0.5, 0.6) is 0 Å². The summed E-state index contributed by atoms with van der Waals surface area (Å²) in [5, 5.41) is 8.30. The Bertz CT molecular complexity index is 865. The monoisotopic (exact) mass is 449 g/mol. The maximum absolute atomic E-state index is 12.1. The zero-order valence-corrected chi connectivity index (χ0v) is 18.5. The molecule has 1 aliphatic carbocycles. The fraction of sp³-hybridized carbons (Fsp3) is 0.381. The van der Waals surface area contributed by atoms with E-state index in [0.29, 0.717) is 17.3 Å². The van der Waals surface area contributed by atoms with Crippen LogP contribution in [0.3, 0.4) is 0 Å². The second kappa shape index (κ2) is 11.4. The first-order valence-electron chi connectivity index (χ1n) is 9.66. The largest absolute Gasteiger partial charge is 0.355 e. The summed E-state index contributed by atoms with van der Waals surface area (Å²) in [6.07, 6.45) is 8.39. The number of nitrogens with zero attached hydrogens (tertiary/aromatic N) is 1. The van der Waals surface area contributed by atoms with Crippen LogP contribution in [0.25, 0.3) is 0 Å². The van der Waals surface area contributed by atoms with Crippen molar-refractivity contribution in [3.05, 3.63) is 52.0 Å². The Kier molecular flexibility index (Phi) is 8.58. The normalized spacial score (nSPS) is 13.6. The first kappa shape index (κ1) is 21.9. The molecular formula is C21H24ClN3O2S2. The Balaban J connectivity index is 1.36.